The fourth-order valence-electron chi connectivity index (χ4n) is 8.04. The zero-order valence-corrected chi connectivity index (χ0v) is 20.1. The monoisotopic (exact) mass is 440 g/mol. The van der Waals surface area contributed by atoms with E-state index < -0.39 is 0 Å². The van der Waals surface area contributed by atoms with Gasteiger partial charge in [0.1, 0.15) is 0 Å². The number of nitrogens with zero attached hydrogens (tertiary/aromatic N) is 1. The Balaban J connectivity index is 1.31. The van der Waals surface area contributed by atoms with E-state index in [0.717, 1.165) is 29.7 Å². The summed E-state index contributed by atoms with van der Waals surface area (Å²) in [7, 11) is 1.99. The van der Waals surface area contributed by atoms with Gasteiger partial charge in [-0.3, -0.25) is 9.59 Å². The topological polar surface area (TPSA) is 49.4 Å². The Morgan fingerprint density at radius 3 is 2.71 bits per heavy atom. The number of carbonyl (C=O) groups is 2. The van der Waals surface area contributed by atoms with E-state index in [1.807, 2.05) is 37.1 Å². The molecule has 3 fully saturated rings. The summed E-state index contributed by atoms with van der Waals surface area (Å²) >= 11 is 1.58. The van der Waals surface area contributed by atoms with Gasteiger partial charge < -0.3 is 10.2 Å². The van der Waals surface area contributed by atoms with Crippen LogP contribution in [0.25, 0.3) is 0 Å². The first kappa shape index (κ1) is 21.2. The lowest BCUT2D eigenvalue weighted by Crippen LogP contribution is -2.59. The lowest BCUT2D eigenvalue weighted by atomic mass is 9.47. The van der Waals surface area contributed by atoms with E-state index in [0.29, 0.717) is 23.3 Å². The molecule has 0 saturated heterocycles. The van der Waals surface area contributed by atoms with Crippen molar-refractivity contribution in [1.82, 2.24) is 10.2 Å². The molecular formula is C26H36N2O2S. The summed E-state index contributed by atoms with van der Waals surface area (Å²) in [5.74, 6) is 2.97. The van der Waals surface area contributed by atoms with Crippen LogP contribution in [0.5, 0.6) is 0 Å². The van der Waals surface area contributed by atoms with Crippen LogP contribution in [0.1, 0.15) is 66.9 Å². The fourth-order valence-corrected chi connectivity index (χ4v) is 8.83. The third kappa shape index (κ3) is 3.21. The van der Waals surface area contributed by atoms with Gasteiger partial charge in [0.15, 0.2) is 0 Å². The summed E-state index contributed by atoms with van der Waals surface area (Å²) < 4.78 is 0. The van der Waals surface area contributed by atoms with E-state index in [1.165, 1.54) is 37.0 Å². The minimum Gasteiger partial charge on any atom is -0.351 e. The molecule has 3 aliphatic carbocycles. The van der Waals surface area contributed by atoms with Gasteiger partial charge in [-0.05, 0) is 92.7 Å². The van der Waals surface area contributed by atoms with E-state index in [4.69, 9.17) is 0 Å². The highest BCUT2D eigenvalue weighted by molar-refractivity contribution is 7.13. The molecule has 1 unspecified atom stereocenters. The SMILES string of the molecule is Cc1ccc(C(=O)NCC2CC[C@H]3[C@@H]4CC[C@H]5N(C)C(=O)C=C[C@]5(C)[C@H]4CC[C@]23C)s1. The Bertz CT molecular complexity index is 922. The Morgan fingerprint density at radius 1 is 1.16 bits per heavy atom. The molecule has 168 valence electrons. The predicted octanol–water partition coefficient (Wildman–Crippen LogP) is 5.04. The van der Waals surface area contributed by atoms with Crippen molar-refractivity contribution in [3.8, 4) is 0 Å². The highest BCUT2D eigenvalue weighted by atomic mass is 32.1. The second-order valence-electron chi connectivity index (χ2n) is 11.1. The van der Waals surface area contributed by atoms with Crippen molar-refractivity contribution in [1.29, 1.82) is 0 Å². The Hall–Kier alpha value is -1.62. The van der Waals surface area contributed by atoms with Crippen LogP contribution in [0, 0.1) is 41.4 Å². The third-order valence-corrected chi connectivity index (χ3v) is 10.8. The molecule has 31 heavy (non-hydrogen) atoms. The average molecular weight is 441 g/mol. The highest BCUT2D eigenvalue weighted by Crippen LogP contribution is 2.65. The predicted molar refractivity (Wildman–Crippen MR) is 125 cm³/mol. The summed E-state index contributed by atoms with van der Waals surface area (Å²) in [4.78, 5) is 28.9. The number of rotatable bonds is 3. The molecule has 5 heteroatoms. The summed E-state index contributed by atoms with van der Waals surface area (Å²) in [5.41, 5.74) is 0.430. The van der Waals surface area contributed by atoms with Crippen molar-refractivity contribution in [3.63, 3.8) is 0 Å². The maximum absolute atomic E-state index is 12.6. The third-order valence-electron chi connectivity index (χ3n) is 9.80. The van der Waals surface area contributed by atoms with Crippen molar-refractivity contribution in [2.75, 3.05) is 13.6 Å². The Labute approximate surface area is 190 Å². The van der Waals surface area contributed by atoms with Crippen LogP contribution in [-0.4, -0.2) is 36.3 Å². The number of aryl methyl sites for hydroxylation is 1. The first-order chi connectivity index (χ1) is 14.7. The molecule has 0 radical (unpaired) electrons. The second-order valence-corrected chi connectivity index (χ2v) is 12.3. The maximum atomic E-state index is 12.6. The van der Waals surface area contributed by atoms with Gasteiger partial charge in [0.25, 0.3) is 5.91 Å². The van der Waals surface area contributed by atoms with Crippen LogP contribution in [0.3, 0.4) is 0 Å². The van der Waals surface area contributed by atoms with E-state index in [-0.39, 0.29) is 17.2 Å². The molecule has 0 aromatic carbocycles. The first-order valence-corrected chi connectivity index (χ1v) is 12.9. The molecule has 1 aromatic heterocycles. The van der Waals surface area contributed by atoms with E-state index in [9.17, 15) is 9.59 Å². The summed E-state index contributed by atoms with van der Waals surface area (Å²) in [6.07, 6.45) is 11.4. The Kier molecular flexibility index (Phi) is 5.12. The molecular weight excluding hydrogens is 404 g/mol. The zero-order valence-electron chi connectivity index (χ0n) is 19.3. The first-order valence-electron chi connectivity index (χ1n) is 12.0. The smallest absolute Gasteiger partial charge is 0.261 e. The van der Waals surface area contributed by atoms with Gasteiger partial charge in [-0.2, -0.15) is 0 Å². The average Bonchev–Trinajstić information content (AvgIpc) is 3.32. The summed E-state index contributed by atoms with van der Waals surface area (Å²) in [5, 5.41) is 3.26. The van der Waals surface area contributed by atoms with Gasteiger partial charge in [-0.1, -0.05) is 19.9 Å². The van der Waals surface area contributed by atoms with E-state index in [2.05, 4.69) is 25.2 Å². The second kappa shape index (κ2) is 7.47. The molecule has 3 saturated carbocycles. The molecule has 0 bridgehead atoms. The number of carbonyl (C=O) groups excluding carboxylic acids is 2. The number of hydrogen-bond donors (Lipinski definition) is 1. The quantitative estimate of drug-likeness (QED) is 0.716. The number of thiophene rings is 1. The zero-order chi connectivity index (χ0) is 22.0. The van der Waals surface area contributed by atoms with Crippen LogP contribution < -0.4 is 5.32 Å². The Morgan fingerprint density at radius 2 is 1.97 bits per heavy atom. The van der Waals surface area contributed by atoms with Gasteiger partial charge in [0.2, 0.25) is 5.91 Å². The number of likely N-dealkylation sites (N-methyl/N-ethyl adjacent to an activating group) is 1. The largest absolute Gasteiger partial charge is 0.351 e. The van der Waals surface area contributed by atoms with Crippen molar-refractivity contribution in [2.45, 2.75) is 65.3 Å². The number of hydrogen-bond acceptors (Lipinski definition) is 3. The van der Waals surface area contributed by atoms with Gasteiger partial charge in [0, 0.05) is 29.9 Å². The molecule has 4 aliphatic rings. The van der Waals surface area contributed by atoms with Gasteiger partial charge >= 0.3 is 0 Å². The number of amides is 2. The lowest BCUT2D eigenvalue weighted by Gasteiger charge is -2.60. The van der Waals surface area contributed by atoms with Crippen molar-refractivity contribution in [2.24, 2.45) is 34.5 Å². The number of fused-ring (bicyclic) bond motifs is 5. The molecule has 2 heterocycles. The molecule has 4 nitrogen and oxygen atoms in total. The van der Waals surface area contributed by atoms with Gasteiger partial charge in [-0.15, -0.1) is 11.3 Å². The van der Waals surface area contributed by atoms with Crippen LogP contribution in [0.4, 0.5) is 0 Å². The van der Waals surface area contributed by atoms with E-state index in [1.54, 1.807) is 11.3 Å². The number of nitrogens with one attached hydrogen (secondary N) is 1. The molecule has 1 N–H and O–H groups in total. The minimum atomic E-state index is 0.0897. The molecule has 1 aliphatic heterocycles. The highest BCUT2D eigenvalue weighted by Gasteiger charge is 2.60. The van der Waals surface area contributed by atoms with Crippen molar-refractivity contribution in [3.05, 3.63) is 34.0 Å². The molecule has 5 rings (SSSR count). The molecule has 7 atom stereocenters. The lowest BCUT2D eigenvalue weighted by molar-refractivity contribution is -0.138. The van der Waals surface area contributed by atoms with Crippen LogP contribution in [-0.2, 0) is 4.79 Å². The minimum absolute atomic E-state index is 0.0897. The van der Waals surface area contributed by atoms with Crippen molar-refractivity contribution < 1.29 is 9.59 Å². The standard InChI is InChI=1S/C26H36N2O2S/c1-16-5-9-21(31-16)24(30)27-15-17-6-8-19-18-7-10-22-26(3,14-12-23(29)28(22)4)20(18)11-13-25(17,19)2/h5,9,12,14,17-20,22H,6-8,10-11,13,15H2,1-4H3,(H,27,30)/t17?,18-,19-,20-,22+,25+,26+/m0/s1. The maximum Gasteiger partial charge on any atom is 0.261 e. The molecule has 0 spiro atoms. The van der Waals surface area contributed by atoms with Crippen LogP contribution in [0.2, 0.25) is 0 Å². The van der Waals surface area contributed by atoms with Crippen LogP contribution >= 0.6 is 11.3 Å². The normalized spacial score (nSPS) is 41.5. The molecule has 2 amide bonds. The van der Waals surface area contributed by atoms with Gasteiger partial charge in [0.05, 0.1) is 4.88 Å². The van der Waals surface area contributed by atoms with Crippen LogP contribution in [0.15, 0.2) is 24.3 Å². The summed E-state index contributed by atoms with van der Waals surface area (Å²) in [6.45, 7) is 7.77. The van der Waals surface area contributed by atoms with Crippen molar-refractivity contribution >= 4 is 23.2 Å². The fraction of sp³-hybridized carbons (Fsp3) is 0.692. The van der Waals surface area contributed by atoms with E-state index >= 15 is 0 Å². The molecule has 1 aromatic rings. The van der Waals surface area contributed by atoms with Gasteiger partial charge in [-0.25, -0.2) is 0 Å². The summed E-state index contributed by atoms with van der Waals surface area (Å²) in [6, 6.07) is 4.31.